The van der Waals surface area contributed by atoms with Gasteiger partial charge in [0.15, 0.2) is 0 Å². The number of hydrogen-bond acceptors (Lipinski definition) is 3. The van der Waals surface area contributed by atoms with Gasteiger partial charge in [-0.1, -0.05) is 12.1 Å². The van der Waals surface area contributed by atoms with E-state index in [2.05, 4.69) is 0 Å². The molecule has 2 aromatic rings. The number of aliphatic hydroxyl groups excluding tert-OH is 1. The maximum Gasteiger partial charge on any atom is 0.227 e. The molecule has 4 nitrogen and oxygen atoms in total. The molecule has 1 aromatic heterocycles. The number of anilines is 1. The van der Waals surface area contributed by atoms with Crippen molar-refractivity contribution in [3.05, 3.63) is 53.0 Å². The van der Waals surface area contributed by atoms with Crippen molar-refractivity contribution in [2.75, 3.05) is 11.9 Å². The average Bonchev–Trinajstić information content (AvgIpc) is 2.88. The zero-order chi connectivity index (χ0) is 14.3. The van der Waals surface area contributed by atoms with Gasteiger partial charge in [0, 0.05) is 19.2 Å². The molecular weight excluding hydrogens is 254 g/mol. The number of fused-ring (bicyclic) bond motifs is 1. The average molecular weight is 271 g/mol. The minimum Gasteiger partial charge on any atom is -0.466 e. The van der Waals surface area contributed by atoms with Crippen LogP contribution in [-0.4, -0.2) is 18.1 Å². The molecule has 104 valence electrons. The van der Waals surface area contributed by atoms with Crippen LogP contribution in [0.25, 0.3) is 0 Å². The van der Waals surface area contributed by atoms with E-state index in [4.69, 9.17) is 4.42 Å². The molecule has 1 aromatic carbocycles. The molecule has 1 aliphatic heterocycles. The SMILES string of the molecule is Cc1ccoc1C(O)c1ccc2c(c1)CCC(=O)N2C. The van der Waals surface area contributed by atoms with Gasteiger partial charge in [-0.3, -0.25) is 4.79 Å². The molecule has 1 unspecified atom stereocenters. The first-order chi connectivity index (χ1) is 9.58. The van der Waals surface area contributed by atoms with E-state index in [1.165, 1.54) is 0 Å². The van der Waals surface area contributed by atoms with Crippen LogP contribution in [0.2, 0.25) is 0 Å². The zero-order valence-electron chi connectivity index (χ0n) is 11.6. The summed E-state index contributed by atoms with van der Waals surface area (Å²) < 4.78 is 5.35. The minimum atomic E-state index is -0.766. The topological polar surface area (TPSA) is 53.7 Å². The Morgan fingerprint density at radius 2 is 2.10 bits per heavy atom. The predicted molar refractivity (Wildman–Crippen MR) is 75.7 cm³/mol. The molecule has 1 aliphatic rings. The Morgan fingerprint density at radius 1 is 1.30 bits per heavy atom. The fraction of sp³-hybridized carbons (Fsp3) is 0.312. The van der Waals surface area contributed by atoms with Crippen molar-refractivity contribution < 1.29 is 14.3 Å². The molecule has 0 saturated heterocycles. The molecule has 0 aliphatic carbocycles. The second-order valence-corrected chi connectivity index (χ2v) is 5.21. The Bertz CT molecular complexity index is 659. The van der Waals surface area contributed by atoms with Crippen LogP contribution in [0, 0.1) is 6.92 Å². The molecule has 3 rings (SSSR count). The summed E-state index contributed by atoms with van der Waals surface area (Å²) in [7, 11) is 1.78. The first-order valence-electron chi connectivity index (χ1n) is 6.69. The lowest BCUT2D eigenvalue weighted by Crippen LogP contribution is -2.31. The number of rotatable bonds is 2. The van der Waals surface area contributed by atoms with Crippen LogP contribution in [0.15, 0.2) is 34.9 Å². The van der Waals surface area contributed by atoms with Gasteiger partial charge in [0.05, 0.1) is 6.26 Å². The van der Waals surface area contributed by atoms with Crippen molar-refractivity contribution in [1.82, 2.24) is 0 Å². The molecule has 4 heteroatoms. The summed E-state index contributed by atoms with van der Waals surface area (Å²) in [6, 6.07) is 7.54. The molecule has 0 saturated carbocycles. The third kappa shape index (κ3) is 2.02. The number of hydrogen-bond donors (Lipinski definition) is 1. The van der Waals surface area contributed by atoms with Crippen LogP contribution in [0.4, 0.5) is 5.69 Å². The summed E-state index contributed by atoms with van der Waals surface area (Å²) in [6.07, 6.45) is 2.05. The Morgan fingerprint density at radius 3 is 2.80 bits per heavy atom. The molecule has 0 fully saturated rings. The highest BCUT2D eigenvalue weighted by atomic mass is 16.4. The smallest absolute Gasteiger partial charge is 0.227 e. The van der Waals surface area contributed by atoms with Crippen molar-refractivity contribution in [1.29, 1.82) is 0 Å². The Hall–Kier alpha value is -2.07. The number of carbonyl (C=O) groups excluding carboxylic acids is 1. The van der Waals surface area contributed by atoms with Crippen molar-refractivity contribution >= 4 is 11.6 Å². The summed E-state index contributed by atoms with van der Waals surface area (Å²) in [4.78, 5) is 13.3. The van der Waals surface area contributed by atoms with Crippen molar-refractivity contribution in [2.24, 2.45) is 0 Å². The highest BCUT2D eigenvalue weighted by molar-refractivity contribution is 5.95. The van der Waals surface area contributed by atoms with E-state index < -0.39 is 6.10 Å². The van der Waals surface area contributed by atoms with E-state index in [0.29, 0.717) is 12.2 Å². The third-order valence-electron chi connectivity index (χ3n) is 3.91. The van der Waals surface area contributed by atoms with Crippen LogP contribution < -0.4 is 4.90 Å². The molecule has 1 atom stereocenters. The molecule has 20 heavy (non-hydrogen) atoms. The fourth-order valence-electron chi connectivity index (χ4n) is 2.66. The summed E-state index contributed by atoms with van der Waals surface area (Å²) in [5.74, 6) is 0.706. The molecule has 1 N–H and O–H groups in total. The third-order valence-corrected chi connectivity index (χ3v) is 3.91. The number of benzene rings is 1. The van der Waals surface area contributed by atoms with E-state index in [0.717, 1.165) is 28.8 Å². The van der Waals surface area contributed by atoms with Gasteiger partial charge < -0.3 is 14.4 Å². The van der Waals surface area contributed by atoms with E-state index in [1.54, 1.807) is 18.2 Å². The molecular formula is C16H17NO3. The van der Waals surface area contributed by atoms with E-state index >= 15 is 0 Å². The Labute approximate surface area is 117 Å². The first kappa shape index (κ1) is 12.9. The second-order valence-electron chi connectivity index (χ2n) is 5.21. The van der Waals surface area contributed by atoms with Gasteiger partial charge in [0.25, 0.3) is 0 Å². The summed E-state index contributed by atoms with van der Waals surface area (Å²) >= 11 is 0. The van der Waals surface area contributed by atoms with E-state index in [9.17, 15) is 9.90 Å². The second kappa shape index (κ2) is 4.80. The largest absolute Gasteiger partial charge is 0.466 e. The number of furan rings is 1. The van der Waals surface area contributed by atoms with Crippen LogP contribution in [0.3, 0.4) is 0 Å². The normalized spacial score (nSPS) is 16.1. The van der Waals surface area contributed by atoms with Crippen LogP contribution in [-0.2, 0) is 11.2 Å². The van der Waals surface area contributed by atoms with Crippen molar-refractivity contribution in [2.45, 2.75) is 25.9 Å². The number of amides is 1. The Balaban J connectivity index is 1.97. The fourth-order valence-corrected chi connectivity index (χ4v) is 2.66. The monoisotopic (exact) mass is 271 g/mol. The lowest BCUT2D eigenvalue weighted by atomic mass is 9.96. The molecule has 1 amide bonds. The highest BCUT2D eigenvalue weighted by Crippen LogP contribution is 2.32. The summed E-state index contributed by atoms with van der Waals surface area (Å²) in [5.41, 5.74) is 3.74. The number of nitrogens with zero attached hydrogens (tertiary/aromatic N) is 1. The van der Waals surface area contributed by atoms with Gasteiger partial charge >= 0.3 is 0 Å². The number of carbonyl (C=O) groups is 1. The quantitative estimate of drug-likeness (QED) is 0.913. The molecule has 2 heterocycles. The van der Waals surface area contributed by atoms with Gasteiger partial charge in [-0.25, -0.2) is 0 Å². The number of aliphatic hydroxyl groups is 1. The molecule has 0 spiro atoms. The molecule has 0 radical (unpaired) electrons. The first-order valence-corrected chi connectivity index (χ1v) is 6.69. The van der Waals surface area contributed by atoms with Gasteiger partial charge in [0.1, 0.15) is 11.9 Å². The number of aryl methyl sites for hydroxylation is 2. The summed E-state index contributed by atoms with van der Waals surface area (Å²) in [6.45, 7) is 1.91. The maximum absolute atomic E-state index is 11.7. The van der Waals surface area contributed by atoms with Crippen LogP contribution >= 0.6 is 0 Å². The zero-order valence-corrected chi connectivity index (χ0v) is 11.6. The van der Waals surface area contributed by atoms with E-state index in [1.807, 2.05) is 31.2 Å². The van der Waals surface area contributed by atoms with E-state index in [-0.39, 0.29) is 5.91 Å². The van der Waals surface area contributed by atoms with Crippen molar-refractivity contribution in [3.8, 4) is 0 Å². The van der Waals surface area contributed by atoms with Crippen LogP contribution in [0.1, 0.15) is 35.0 Å². The standard InChI is InChI=1S/C16H17NO3/c1-10-7-8-20-16(10)15(19)12-3-5-13-11(9-12)4-6-14(18)17(13)2/h3,5,7-9,15,19H,4,6H2,1-2H3. The van der Waals surface area contributed by atoms with Gasteiger partial charge in [-0.2, -0.15) is 0 Å². The predicted octanol–water partition coefficient (Wildman–Crippen LogP) is 2.58. The summed E-state index contributed by atoms with van der Waals surface area (Å²) in [5, 5.41) is 10.4. The lowest BCUT2D eigenvalue weighted by Gasteiger charge is -2.26. The Kier molecular flexibility index (Phi) is 3.10. The van der Waals surface area contributed by atoms with Crippen LogP contribution in [0.5, 0.6) is 0 Å². The van der Waals surface area contributed by atoms with Crippen molar-refractivity contribution in [3.63, 3.8) is 0 Å². The van der Waals surface area contributed by atoms with Gasteiger partial charge in [-0.15, -0.1) is 0 Å². The molecule has 0 bridgehead atoms. The van der Waals surface area contributed by atoms with Gasteiger partial charge in [0.2, 0.25) is 5.91 Å². The highest BCUT2D eigenvalue weighted by Gasteiger charge is 2.23. The lowest BCUT2D eigenvalue weighted by molar-refractivity contribution is -0.118. The minimum absolute atomic E-state index is 0.132. The maximum atomic E-state index is 11.7. The van der Waals surface area contributed by atoms with Gasteiger partial charge in [-0.05, 0) is 42.2 Å².